The number of fused-ring (bicyclic) bond motifs is 1. The van der Waals surface area contributed by atoms with Gasteiger partial charge in [0.25, 0.3) is 0 Å². The summed E-state index contributed by atoms with van der Waals surface area (Å²) in [7, 11) is 0. The Bertz CT molecular complexity index is 1020. The molecule has 29 heavy (non-hydrogen) atoms. The van der Waals surface area contributed by atoms with Gasteiger partial charge in [0.15, 0.2) is 0 Å². The minimum atomic E-state index is -0.462. The molecule has 0 atom stereocenters. The third kappa shape index (κ3) is 4.80. The lowest BCUT2D eigenvalue weighted by atomic mass is 10.2. The Kier molecular flexibility index (Phi) is 6.60. The molecular formula is C20H22FN3O4S. The van der Waals surface area contributed by atoms with E-state index in [1.54, 1.807) is 13.0 Å². The summed E-state index contributed by atoms with van der Waals surface area (Å²) >= 11 is 1.21. The van der Waals surface area contributed by atoms with E-state index in [1.807, 2.05) is 13.8 Å². The number of carbonyl (C=O) groups excluding carboxylic acids is 1. The lowest BCUT2D eigenvalue weighted by molar-refractivity contribution is 0.0487. The average Bonchev–Trinajstić information content (AvgIpc) is 3.01. The molecule has 9 heteroatoms. The summed E-state index contributed by atoms with van der Waals surface area (Å²) in [5.74, 6) is -0.0178. The Morgan fingerprint density at radius 2 is 2.14 bits per heavy atom. The van der Waals surface area contributed by atoms with Gasteiger partial charge in [0.2, 0.25) is 0 Å². The highest BCUT2D eigenvalue weighted by Gasteiger charge is 2.21. The highest BCUT2D eigenvalue weighted by Crippen LogP contribution is 2.36. The van der Waals surface area contributed by atoms with Gasteiger partial charge in [-0.15, -0.1) is 11.3 Å². The van der Waals surface area contributed by atoms with Gasteiger partial charge in [-0.1, -0.05) is 0 Å². The summed E-state index contributed by atoms with van der Waals surface area (Å²) < 4.78 is 24.6. The fourth-order valence-corrected chi connectivity index (χ4v) is 3.78. The van der Waals surface area contributed by atoms with Gasteiger partial charge in [-0.3, -0.25) is 0 Å². The predicted molar refractivity (Wildman–Crippen MR) is 110 cm³/mol. The molecule has 0 unspecified atom stereocenters. The van der Waals surface area contributed by atoms with Crippen molar-refractivity contribution in [2.24, 2.45) is 0 Å². The zero-order valence-electron chi connectivity index (χ0n) is 16.4. The first-order valence-corrected chi connectivity index (χ1v) is 9.97. The number of hydrogen-bond donors (Lipinski definition) is 2. The molecule has 0 spiro atoms. The summed E-state index contributed by atoms with van der Waals surface area (Å²) in [6.07, 6.45) is 1.64. The molecule has 0 saturated carbocycles. The Hall–Kier alpha value is -2.78. The van der Waals surface area contributed by atoms with E-state index >= 15 is 0 Å². The van der Waals surface area contributed by atoms with Crippen LogP contribution >= 0.6 is 11.3 Å². The number of carbonyl (C=O) groups is 1. The van der Waals surface area contributed by atoms with Gasteiger partial charge in [0.05, 0.1) is 23.8 Å². The first-order chi connectivity index (χ1) is 13.9. The molecule has 0 bridgehead atoms. The minimum absolute atomic E-state index is 0.0450. The van der Waals surface area contributed by atoms with E-state index in [2.05, 4.69) is 15.3 Å². The fourth-order valence-electron chi connectivity index (χ4n) is 2.73. The van der Waals surface area contributed by atoms with Crippen LogP contribution in [-0.4, -0.2) is 40.4 Å². The van der Waals surface area contributed by atoms with Crippen molar-refractivity contribution >= 4 is 39.0 Å². The maximum atomic E-state index is 13.7. The maximum absolute atomic E-state index is 13.7. The van der Waals surface area contributed by atoms with Crippen LogP contribution in [0.1, 0.15) is 35.5 Å². The quantitative estimate of drug-likeness (QED) is 0.417. The zero-order valence-corrected chi connectivity index (χ0v) is 17.2. The van der Waals surface area contributed by atoms with Crippen LogP contribution < -0.4 is 10.1 Å². The molecule has 3 rings (SSSR count). The van der Waals surface area contributed by atoms with Crippen LogP contribution in [0.15, 0.2) is 24.5 Å². The first-order valence-electron chi connectivity index (χ1n) is 9.16. The third-order valence-corrected chi connectivity index (χ3v) is 5.19. The maximum Gasteiger partial charge on any atom is 0.348 e. The third-order valence-electron chi connectivity index (χ3n) is 4.01. The van der Waals surface area contributed by atoms with E-state index in [0.717, 1.165) is 0 Å². The average molecular weight is 419 g/mol. The van der Waals surface area contributed by atoms with Gasteiger partial charge in [0, 0.05) is 19.1 Å². The number of benzene rings is 1. The molecule has 0 fully saturated rings. The number of rotatable bonds is 8. The van der Waals surface area contributed by atoms with Crippen LogP contribution in [0.5, 0.6) is 5.75 Å². The number of thiophene rings is 1. The van der Waals surface area contributed by atoms with Gasteiger partial charge in [-0.2, -0.15) is 0 Å². The van der Waals surface area contributed by atoms with E-state index in [-0.39, 0.29) is 19.3 Å². The van der Waals surface area contributed by atoms with Crippen LogP contribution in [0.4, 0.5) is 15.9 Å². The van der Waals surface area contributed by atoms with E-state index < -0.39 is 11.8 Å². The molecule has 0 aliphatic heterocycles. The van der Waals surface area contributed by atoms with Crippen LogP contribution in [0.3, 0.4) is 0 Å². The summed E-state index contributed by atoms with van der Waals surface area (Å²) in [5.41, 5.74) is 1.24. The number of aliphatic hydroxyl groups excluding tert-OH is 1. The van der Waals surface area contributed by atoms with Crippen LogP contribution in [-0.2, 0) is 4.74 Å². The smallest absolute Gasteiger partial charge is 0.348 e. The predicted octanol–water partition coefficient (Wildman–Crippen LogP) is 4.21. The SMILES string of the molecule is Cc1c(C(=O)OCCCO)sc2ncnc(Nc3ccc(F)cc3OC(C)C)c12. The van der Waals surface area contributed by atoms with E-state index in [0.29, 0.717) is 44.3 Å². The standard InChI is InChI=1S/C20H22FN3O4S/c1-11(2)28-15-9-13(21)5-6-14(15)24-18-16-12(3)17(20(26)27-8-4-7-25)29-19(16)23-10-22-18/h5-6,9-11,25H,4,7-8H2,1-3H3,(H,22,23,24). The number of hydrogen-bond acceptors (Lipinski definition) is 8. The number of esters is 1. The Labute approximate surface area is 171 Å². The number of nitrogens with zero attached hydrogens (tertiary/aromatic N) is 2. The number of nitrogens with one attached hydrogen (secondary N) is 1. The monoisotopic (exact) mass is 419 g/mol. The normalized spacial score (nSPS) is 11.1. The van der Waals surface area contributed by atoms with Crippen molar-refractivity contribution in [1.29, 1.82) is 0 Å². The lowest BCUT2D eigenvalue weighted by Crippen LogP contribution is -2.08. The molecule has 154 valence electrons. The summed E-state index contributed by atoms with van der Waals surface area (Å²) in [4.78, 5) is 22.0. The molecular weight excluding hydrogens is 397 g/mol. The van der Waals surface area contributed by atoms with Crippen molar-refractivity contribution in [3.63, 3.8) is 0 Å². The number of anilines is 2. The highest BCUT2D eigenvalue weighted by molar-refractivity contribution is 7.20. The fraction of sp³-hybridized carbons (Fsp3) is 0.350. The molecule has 0 saturated heterocycles. The topological polar surface area (TPSA) is 93.6 Å². The summed E-state index contributed by atoms with van der Waals surface area (Å²) in [6, 6.07) is 4.22. The summed E-state index contributed by atoms with van der Waals surface area (Å²) in [6.45, 7) is 5.61. The molecule has 0 aliphatic carbocycles. The molecule has 2 aromatic heterocycles. The molecule has 1 aromatic carbocycles. The second-order valence-electron chi connectivity index (χ2n) is 6.60. The minimum Gasteiger partial charge on any atom is -0.489 e. The van der Waals surface area contributed by atoms with Crippen molar-refractivity contribution in [3.8, 4) is 5.75 Å². The number of aliphatic hydroxyl groups is 1. The number of halogens is 1. The van der Waals surface area contributed by atoms with Crippen LogP contribution in [0, 0.1) is 12.7 Å². The van der Waals surface area contributed by atoms with Gasteiger partial charge in [0.1, 0.15) is 33.4 Å². The molecule has 0 radical (unpaired) electrons. The van der Waals surface area contributed by atoms with Crippen molar-refractivity contribution in [1.82, 2.24) is 9.97 Å². The molecule has 2 heterocycles. The zero-order chi connectivity index (χ0) is 21.0. The van der Waals surface area contributed by atoms with Crippen molar-refractivity contribution in [2.45, 2.75) is 33.3 Å². The molecule has 0 aliphatic rings. The number of ether oxygens (including phenoxy) is 2. The highest BCUT2D eigenvalue weighted by atomic mass is 32.1. The van der Waals surface area contributed by atoms with Crippen molar-refractivity contribution in [2.75, 3.05) is 18.5 Å². The van der Waals surface area contributed by atoms with E-state index in [9.17, 15) is 9.18 Å². The van der Waals surface area contributed by atoms with E-state index in [1.165, 1.54) is 29.8 Å². The van der Waals surface area contributed by atoms with Gasteiger partial charge in [-0.25, -0.2) is 19.2 Å². The number of aryl methyl sites for hydroxylation is 1. The van der Waals surface area contributed by atoms with Crippen LogP contribution in [0.25, 0.3) is 10.2 Å². The van der Waals surface area contributed by atoms with E-state index in [4.69, 9.17) is 14.6 Å². The molecule has 3 aromatic rings. The molecule has 0 amide bonds. The largest absolute Gasteiger partial charge is 0.489 e. The van der Waals surface area contributed by atoms with Gasteiger partial charge in [-0.05, 0) is 38.5 Å². The molecule has 7 nitrogen and oxygen atoms in total. The van der Waals surface area contributed by atoms with Crippen molar-refractivity contribution in [3.05, 3.63) is 40.8 Å². The first kappa shape index (κ1) is 20.9. The van der Waals surface area contributed by atoms with Gasteiger partial charge >= 0.3 is 5.97 Å². The van der Waals surface area contributed by atoms with Gasteiger partial charge < -0.3 is 19.9 Å². The van der Waals surface area contributed by atoms with Crippen molar-refractivity contribution < 1.29 is 23.8 Å². The Morgan fingerprint density at radius 1 is 1.34 bits per heavy atom. The second-order valence-corrected chi connectivity index (χ2v) is 7.60. The Balaban J connectivity index is 1.96. The second kappa shape index (κ2) is 9.15. The van der Waals surface area contributed by atoms with Crippen LogP contribution in [0.2, 0.25) is 0 Å². The Morgan fingerprint density at radius 3 is 2.86 bits per heavy atom. The molecule has 2 N–H and O–H groups in total. The number of aromatic nitrogens is 2. The summed E-state index contributed by atoms with van der Waals surface area (Å²) in [5, 5.41) is 12.7. The lowest BCUT2D eigenvalue weighted by Gasteiger charge is -2.15.